The standard InChI is InChI=1S/C21H29N5/c1-24(2)20-13-14-22-21(23-20)25(3)19-12-8-16-26(17-19)15-7-11-18-9-5-4-6-10-18/h4-7,9-11,13-14,19H,8,12,15-17H2,1-3H3/b11-7+. The molecule has 1 aliphatic rings. The monoisotopic (exact) mass is 351 g/mol. The summed E-state index contributed by atoms with van der Waals surface area (Å²) in [6, 6.07) is 12.9. The summed E-state index contributed by atoms with van der Waals surface area (Å²) in [5.41, 5.74) is 1.26. The highest BCUT2D eigenvalue weighted by atomic mass is 15.3. The van der Waals surface area contributed by atoms with Gasteiger partial charge >= 0.3 is 0 Å². The number of nitrogens with zero attached hydrogens (tertiary/aromatic N) is 5. The van der Waals surface area contributed by atoms with Crippen LogP contribution in [0, 0.1) is 0 Å². The predicted octanol–water partition coefficient (Wildman–Crippen LogP) is 3.16. The van der Waals surface area contributed by atoms with E-state index in [0.717, 1.165) is 31.4 Å². The van der Waals surface area contributed by atoms with Gasteiger partial charge in [-0.1, -0.05) is 42.5 Å². The minimum Gasteiger partial charge on any atom is -0.363 e. The normalized spacial score (nSPS) is 18.2. The minimum absolute atomic E-state index is 0.450. The smallest absolute Gasteiger partial charge is 0.227 e. The Morgan fingerprint density at radius 1 is 1.15 bits per heavy atom. The molecule has 0 aliphatic carbocycles. The van der Waals surface area contributed by atoms with Crippen LogP contribution in [0.1, 0.15) is 18.4 Å². The lowest BCUT2D eigenvalue weighted by molar-refractivity contribution is 0.225. The van der Waals surface area contributed by atoms with Gasteiger partial charge in [0, 0.05) is 46.5 Å². The Bertz CT molecular complexity index is 713. The summed E-state index contributed by atoms with van der Waals surface area (Å²) in [5, 5.41) is 0. The molecule has 2 heterocycles. The van der Waals surface area contributed by atoms with E-state index in [1.807, 2.05) is 31.3 Å². The Labute approximate surface area is 157 Å². The van der Waals surface area contributed by atoms with Crippen molar-refractivity contribution in [2.45, 2.75) is 18.9 Å². The van der Waals surface area contributed by atoms with Crippen LogP contribution in [0.2, 0.25) is 0 Å². The number of hydrogen-bond donors (Lipinski definition) is 0. The maximum atomic E-state index is 4.68. The minimum atomic E-state index is 0.450. The van der Waals surface area contributed by atoms with Gasteiger partial charge in [-0.2, -0.15) is 4.98 Å². The zero-order valence-electron chi connectivity index (χ0n) is 16.0. The van der Waals surface area contributed by atoms with E-state index in [4.69, 9.17) is 0 Å². The molecule has 1 aliphatic heterocycles. The molecule has 1 aromatic carbocycles. The van der Waals surface area contributed by atoms with Crippen molar-refractivity contribution in [3.8, 4) is 0 Å². The summed E-state index contributed by atoms with van der Waals surface area (Å²) in [4.78, 5) is 15.9. The number of aromatic nitrogens is 2. The van der Waals surface area contributed by atoms with Gasteiger partial charge < -0.3 is 9.80 Å². The second-order valence-electron chi connectivity index (χ2n) is 7.09. The van der Waals surface area contributed by atoms with Crippen molar-refractivity contribution in [3.05, 3.63) is 54.2 Å². The van der Waals surface area contributed by atoms with E-state index in [1.54, 1.807) is 0 Å². The Morgan fingerprint density at radius 3 is 2.73 bits per heavy atom. The van der Waals surface area contributed by atoms with Gasteiger partial charge in [-0.3, -0.25) is 4.90 Å². The van der Waals surface area contributed by atoms with Gasteiger partial charge in [-0.25, -0.2) is 4.98 Å². The molecule has 0 spiro atoms. The molecule has 5 nitrogen and oxygen atoms in total. The average Bonchev–Trinajstić information content (AvgIpc) is 2.68. The Hall–Kier alpha value is -2.40. The molecule has 1 unspecified atom stereocenters. The first-order valence-electron chi connectivity index (χ1n) is 9.30. The van der Waals surface area contributed by atoms with Gasteiger partial charge in [0.25, 0.3) is 0 Å². The number of piperidine rings is 1. The number of likely N-dealkylation sites (N-methyl/N-ethyl adjacent to an activating group) is 1. The van der Waals surface area contributed by atoms with Crippen LogP contribution in [0.4, 0.5) is 11.8 Å². The molecule has 3 rings (SSSR count). The van der Waals surface area contributed by atoms with E-state index in [-0.39, 0.29) is 0 Å². The fraction of sp³-hybridized carbons (Fsp3) is 0.429. The van der Waals surface area contributed by atoms with E-state index in [2.05, 4.69) is 69.3 Å². The van der Waals surface area contributed by atoms with Crippen molar-refractivity contribution >= 4 is 17.8 Å². The van der Waals surface area contributed by atoms with Gasteiger partial charge in [-0.15, -0.1) is 0 Å². The molecule has 5 heteroatoms. The van der Waals surface area contributed by atoms with Crippen LogP contribution < -0.4 is 9.80 Å². The van der Waals surface area contributed by atoms with Gasteiger partial charge in [0.2, 0.25) is 5.95 Å². The lowest BCUT2D eigenvalue weighted by Crippen LogP contribution is -2.47. The van der Waals surface area contributed by atoms with Crippen molar-refractivity contribution in [1.82, 2.24) is 14.9 Å². The fourth-order valence-corrected chi connectivity index (χ4v) is 3.34. The first kappa shape index (κ1) is 18.4. The molecule has 0 amide bonds. The molecule has 0 saturated carbocycles. The van der Waals surface area contributed by atoms with Gasteiger partial charge in [0.05, 0.1) is 0 Å². The van der Waals surface area contributed by atoms with Crippen molar-refractivity contribution < 1.29 is 0 Å². The predicted molar refractivity (Wildman–Crippen MR) is 110 cm³/mol. The van der Waals surface area contributed by atoms with Crippen molar-refractivity contribution in [2.75, 3.05) is 50.6 Å². The highest BCUT2D eigenvalue weighted by molar-refractivity contribution is 5.48. The molecular formula is C21H29N5. The second kappa shape index (κ2) is 8.81. The summed E-state index contributed by atoms with van der Waals surface area (Å²) < 4.78 is 0. The molecule has 1 aromatic heterocycles. The Kier molecular flexibility index (Phi) is 6.23. The lowest BCUT2D eigenvalue weighted by atomic mass is 10.0. The highest BCUT2D eigenvalue weighted by Gasteiger charge is 2.24. The number of rotatable bonds is 6. The summed E-state index contributed by atoms with van der Waals surface area (Å²) in [6.45, 7) is 3.19. The first-order chi connectivity index (χ1) is 12.6. The summed E-state index contributed by atoms with van der Waals surface area (Å²) in [5.74, 6) is 1.75. The van der Waals surface area contributed by atoms with E-state index < -0.39 is 0 Å². The van der Waals surface area contributed by atoms with Crippen molar-refractivity contribution in [2.24, 2.45) is 0 Å². The van der Waals surface area contributed by atoms with Crippen molar-refractivity contribution in [3.63, 3.8) is 0 Å². The summed E-state index contributed by atoms with van der Waals surface area (Å²) >= 11 is 0. The Balaban J connectivity index is 1.59. The van der Waals surface area contributed by atoms with Crippen LogP contribution in [-0.4, -0.2) is 61.7 Å². The van der Waals surface area contributed by atoms with Crippen LogP contribution in [0.15, 0.2) is 48.7 Å². The van der Waals surface area contributed by atoms with E-state index in [1.165, 1.54) is 18.4 Å². The SMILES string of the molecule is CN(C)c1ccnc(N(C)C2CCCN(C/C=C/c3ccccc3)C2)n1. The number of hydrogen-bond acceptors (Lipinski definition) is 5. The topological polar surface area (TPSA) is 35.5 Å². The highest BCUT2D eigenvalue weighted by Crippen LogP contribution is 2.20. The Morgan fingerprint density at radius 2 is 1.96 bits per heavy atom. The van der Waals surface area contributed by atoms with Crippen LogP contribution in [0.5, 0.6) is 0 Å². The molecule has 0 N–H and O–H groups in total. The zero-order chi connectivity index (χ0) is 18.4. The third-order valence-electron chi connectivity index (χ3n) is 4.90. The lowest BCUT2D eigenvalue weighted by Gasteiger charge is -2.37. The van der Waals surface area contributed by atoms with Crippen LogP contribution in [-0.2, 0) is 0 Å². The largest absolute Gasteiger partial charge is 0.363 e. The van der Waals surface area contributed by atoms with Gasteiger partial charge in [0.15, 0.2) is 0 Å². The van der Waals surface area contributed by atoms with E-state index in [0.29, 0.717) is 6.04 Å². The average molecular weight is 351 g/mol. The van der Waals surface area contributed by atoms with Gasteiger partial charge in [-0.05, 0) is 31.0 Å². The number of anilines is 2. The van der Waals surface area contributed by atoms with Crippen LogP contribution in [0.3, 0.4) is 0 Å². The van der Waals surface area contributed by atoms with Crippen LogP contribution in [0.25, 0.3) is 6.08 Å². The molecule has 26 heavy (non-hydrogen) atoms. The van der Waals surface area contributed by atoms with E-state index in [9.17, 15) is 0 Å². The molecule has 1 atom stereocenters. The van der Waals surface area contributed by atoms with Crippen LogP contribution >= 0.6 is 0 Å². The molecule has 138 valence electrons. The van der Waals surface area contributed by atoms with E-state index >= 15 is 0 Å². The molecule has 0 bridgehead atoms. The molecule has 2 aromatic rings. The maximum Gasteiger partial charge on any atom is 0.227 e. The first-order valence-corrected chi connectivity index (χ1v) is 9.30. The number of benzene rings is 1. The second-order valence-corrected chi connectivity index (χ2v) is 7.09. The summed E-state index contributed by atoms with van der Waals surface area (Å²) in [7, 11) is 6.13. The maximum absolute atomic E-state index is 4.68. The zero-order valence-corrected chi connectivity index (χ0v) is 16.0. The molecule has 1 saturated heterocycles. The third-order valence-corrected chi connectivity index (χ3v) is 4.90. The fourth-order valence-electron chi connectivity index (χ4n) is 3.34. The summed E-state index contributed by atoms with van der Waals surface area (Å²) in [6.07, 6.45) is 8.71. The molecule has 1 fully saturated rings. The number of likely N-dealkylation sites (tertiary alicyclic amines) is 1. The molecule has 0 radical (unpaired) electrons. The van der Waals surface area contributed by atoms with Crippen molar-refractivity contribution in [1.29, 1.82) is 0 Å². The third kappa shape index (κ3) is 4.82. The van der Waals surface area contributed by atoms with Gasteiger partial charge in [0.1, 0.15) is 5.82 Å². The quantitative estimate of drug-likeness (QED) is 0.799. The molecular weight excluding hydrogens is 322 g/mol.